The lowest BCUT2D eigenvalue weighted by Gasteiger charge is -2.09. The van der Waals surface area contributed by atoms with Crippen LogP contribution in [0.25, 0.3) is 0 Å². The zero-order chi connectivity index (χ0) is 13.8. The highest BCUT2D eigenvalue weighted by Gasteiger charge is 2.13. The minimum Gasteiger partial charge on any atom is -0.495 e. The van der Waals surface area contributed by atoms with Gasteiger partial charge in [0.2, 0.25) is 0 Å². The number of furan rings is 1. The molecule has 0 radical (unpaired) electrons. The number of methoxy groups -OCH3 is 1. The van der Waals surface area contributed by atoms with E-state index in [4.69, 9.17) is 14.9 Å². The predicted molar refractivity (Wildman–Crippen MR) is 73.4 cm³/mol. The summed E-state index contributed by atoms with van der Waals surface area (Å²) in [6, 6.07) is 8.47. The summed E-state index contributed by atoms with van der Waals surface area (Å²) in [5.74, 6) is 1.25. The molecule has 1 heterocycles. The van der Waals surface area contributed by atoms with Crippen molar-refractivity contribution in [2.24, 2.45) is 0 Å². The minimum absolute atomic E-state index is 0.265. The van der Waals surface area contributed by atoms with Gasteiger partial charge in [0.15, 0.2) is 5.76 Å². The number of ether oxygens (including phenoxy) is 1. The van der Waals surface area contributed by atoms with E-state index in [-0.39, 0.29) is 11.7 Å². The molecule has 0 bridgehead atoms. The van der Waals surface area contributed by atoms with Gasteiger partial charge < -0.3 is 20.2 Å². The van der Waals surface area contributed by atoms with Crippen molar-refractivity contribution in [3.05, 3.63) is 41.9 Å². The number of hydrogen-bond donors (Lipinski definition) is 2. The van der Waals surface area contributed by atoms with Gasteiger partial charge in [-0.05, 0) is 30.3 Å². The number of aryl methyl sites for hydroxylation is 1. The number of carbonyl (C=O) groups excluding carboxylic acids is 1. The fraction of sp³-hybridized carbons (Fsp3) is 0.214. The third-order valence-electron chi connectivity index (χ3n) is 2.71. The summed E-state index contributed by atoms with van der Waals surface area (Å²) >= 11 is 0. The summed E-state index contributed by atoms with van der Waals surface area (Å²) in [6.07, 6.45) is 0.745. The van der Waals surface area contributed by atoms with Crippen LogP contribution in [0.15, 0.2) is 34.7 Å². The maximum atomic E-state index is 12.0. The number of benzene rings is 1. The SMILES string of the molecule is CCc1ccc(C(=O)Nc2cc(N)ccc2OC)o1. The molecule has 0 spiro atoms. The largest absolute Gasteiger partial charge is 0.495 e. The van der Waals surface area contributed by atoms with Gasteiger partial charge >= 0.3 is 0 Å². The zero-order valence-electron chi connectivity index (χ0n) is 10.9. The zero-order valence-corrected chi connectivity index (χ0v) is 10.9. The van der Waals surface area contributed by atoms with Crippen molar-refractivity contribution in [1.82, 2.24) is 0 Å². The van der Waals surface area contributed by atoms with Crippen LogP contribution >= 0.6 is 0 Å². The Morgan fingerprint density at radius 2 is 2.16 bits per heavy atom. The molecule has 5 nitrogen and oxygen atoms in total. The van der Waals surface area contributed by atoms with Crippen molar-refractivity contribution in [2.45, 2.75) is 13.3 Å². The highest BCUT2D eigenvalue weighted by atomic mass is 16.5. The Bertz CT molecular complexity index is 590. The van der Waals surface area contributed by atoms with Gasteiger partial charge in [0.05, 0.1) is 12.8 Å². The maximum Gasteiger partial charge on any atom is 0.291 e. The minimum atomic E-state index is -0.330. The molecule has 0 saturated carbocycles. The van der Waals surface area contributed by atoms with Gasteiger partial charge in [-0.2, -0.15) is 0 Å². The molecule has 1 aromatic heterocycles. The van der Waals surface area contributed by atoms with Gasteiger partial charge in [-0.3, -0.25) is 4.79 Å². The molecule has 0 saturated heterocycles. The van der Waals surface area contributed by atoms with Crippen molar-refractivity contribution < 1.29 is 13.9 Å². The summed E-state index contributed by atoms with van der Waals surface area (Å²) in [5.41, 5.74) is 6.75. The molecular formula is C14H16N2O3. The van der Waals surface area contributed by atoms with E-state index in [2.05, 4.69) is 5.32 Å². The van der Waals surface area contributed by atoms with Crippen LogP contribution in [-0.4, -0.2) is 13.0 Å². The van der Waals surface area contributed by atoms with Gasteiger partial charge in [0.25, 0.3) is 5.91 Å². The molecule has 0 atom stereocenters. The van der Waals surface area contributed by atoms with E-state index in [1.165, 1.54) is 7.11 Å². The summed E-state index contributed by atoms with van der Waals surface area (Å²) in [6.45, 7) is 1.96. The summed E-state index contributed by atoms with van der Waals surface area (Å²) < 4.78 is 10.5. The summed E-state index contributed by atoms with van der Waals surface area (Å²) in [5, 5.41) is 2.72. The topological polar surface area (TPSA) is 77.5 Å². The maximum absolute atomic E-state index is 12.0. The normalized spacial score (nSPS) is 10.2. The van der Waals surface area contributed by atoms with Gasteiger partial charge in [0, 0.05) is 12.1 Å². The monoisotopic (exact) mass is 260 g/mol. The molecule has 19 heavy (non-hydrogen) atoms. The fourth-order valence-electron chi connectivity index (χ4n) is 1.70. The Morgan fingerprint density at radius 1 is 1.37 bits per heavy atom. The van der Waals surface area contributed by atoms with E-state index in [1.54, 1.807) is 30.3 Å². The second-order valence-corrected chi connectivity index (χ2v) is 4.03. The Morgan fingerprint density at radius 3 is 2.79 bits per heavy atom. The van der Waals surface area contributed by atoms with E-state index in [9.17, 15) is 4.79 Å². The summed E-state index contributed by atoms with van der Waals surface area (Å²) in [7, 11) is 1.53. The van der Waals surface area contributed by atoms with Crippen LogP contribution in [0.1, 0.15) is 23.2 Å². The van der Waals surface area contributed by atoms with Crippen LogP contribution in [0.2, 0.25) is 0 Å². The fourth-order valence-corrected chi connectivity index (χ4v) is 1.70. The number of rotatable bonds is 4. The van der Waals surface area contributed by atoms with Crippen LogP contribution in [0.5, 0.6) is 5.75 Å². The van der Waals surface area contributed by atoms with Crippen LogP contribution in [0.4, 0.5) is 11.4 Å². The van der Waals surface area contributed by atoms with E-state index < -0.39 is 0 Å². The molecule has 0 aliphatic heterocycles. The standard InChI is InChI=1S/C14H16N2O3/c1-3-10-5-7-13(19-10)14(17)16-11-8-9(15)4-6-12(11)18-2/h4-8H,3,15H2,1-2H3,(H,16,17). The molecule has 2 rings (SSSR count). The van der Waals surface area contributed by atoms with Gasteiger partial charge in [-0.15, -0.1) is 0 Å². The molecule has 2 aromatic rings. The quantitative estimate of drug-likeness (QED) is 0.828. The van der Waals surface area contributed by atoms with Crippen LogP contribution < -0.4 is 15.8 Å². The lowest BCUT2D eigenvalue weighted by atomic mass is 10.2. The van der Waals surface area contributed by atoms with E-state index in [1.807, 2.05) is 6.92 Å². The van der Waals surface area contributed by atoms with Gasteiger partial charge in [-0.25, -0.2) is 0 Å². The van der Waals surface area contributed by atoms with E-state index in [0.29, 0.717) is 17.1 Å². The Hall–Kier alpha value is -2.43. The molecule has 3 N–H and O–H groups in total. The number of nitrogens with two attached hydrogens (primary N) is 1. The molecule has 1 amide bonds. The smallest absolute Gasteiger partial charge is 0.291 e. The van der Waals surface area contributed by atoms with Gasteiger partial charge in [-0.1, -0.05) is 6.92 Å². The molecule has 0 unspecified atom stereocenters. The average molecular weight is 260 g/mol. The average Bonchev–Trinajstić information content (AvgIpc) is 2.88. The predicted octanol–water partition coefficient (Wildman–Crippen LogP) is 2.69. The lowest BCUT2D eigenvalue weighted by Crippen LogP contribution is -2.12. The van der Waals surface area contributed by atoms with Crippen molar-refractivity contribution in [3.63, 3.8) is 0 Å². The molecule has 100 valence electrons. The first kappa shape index (κ1) is 13.0. The molecule has 0 fully saturated rings. The van der Waals surface area contributed by atoms with Crippen molar-refractivity contribution in [1.29, 1.82) is 0 Å². The third-order valence-corrected chi connectivity index (χ3v) is 2.71. The first-order valence-corrected chi connectivity index (χ1v) is 5.97. The summed E-state index contributed by atoms with van der Waals surface area (Å²) in [4.78, 5) is 12.0. The van der Waals surface area contributed by atoms with E-state index >= 15 is 0 Å². The Labute approximate surface area is 111 Å². The second kappa shape index (κ2) is 5.48. The third kappa shape index (κ3) is 2.88. The van der Waals surface area contributed by atoms with Gasteiger partial charge in [0.1, 0.15) is 11.5 Å². The van der Waals surface area contributed by atoms with E-state index in [0.717, 1.165) is 12.2 Å². The molecule has 1 aromatic carbocycles. The Balaban J connectivity index is 2.20. The highest BCUT2D eigenvalue weighted by molar-refractivity contribution is 6.03. The first-order valence-electron chi connectivity index (χ1n) is 5.97. The number of nitrogen functional groups attached to an aromatic ring is 1. The number of hydrogen-bond acceptors (Lipinski definition) is 4. The molecule has 0 aliphatic rings. The van der Waals surface area contributed by atoms with Crippen LogP contribution in [0.3, 0.4) is 0 Å². The lowest BCUT2D eigenvalue weighted by molar-refractivity contribution is 0.0994. The van der Waals surface area contributed by atoms with Crippen LogP contribution in [-0.2, 0) is 6.42 Å². The highest BCUT2D eigenvalue weighted by Crippen LogP contribution is 2.27. The van der Waals surface area contributed by atoms with Crippen molar-refractivity contribution in [2.75, 3.05) is 18.2 Å². The molecular weight excluding hydrogens is 244 g/mol. The first-order chi connectivity index (χ1) is 9.13. The van der Waals surface area contributed by atoms with Crippen LogP contribution in [0, 0.1) is 0 Å². The van der Waals surface area contributed by atoms with Crippen molar-refractivity contribution in [3.8, 4) is 5.75 Å². The second-order valence-electron chi connectivity index (χ2n) is 4.03. The molecule has 5 heteroatoms. The number of carbonyl (C=O) groups is 1. The number of nitrogens with one attached hydrogen (secondary N) is 1. The Kier molecular flexibility index (Phi) is 3.75. The molecule has 0 aliphatic carbocycles. The number of amides is 1. The number of anilines is 2. The van der Waals surface area contributed by atoms with Crippen molar-refractivity contribution >= 4 is 17.3 Å².